The van der Waals surface area contributed by atoms with Crippen molar-refractivity contribution in [3.8, 4) is 17.2 Å². The molecule has 2 rings (SSSR count). The Morgan fingerprint density at radius 3 is 2.56 bits per heavy atom. The zero-order chi connectivity index (χ0) is 18.2. The molecule has 0 saturated carbocycles. The van der Waals surface area contributed by atoms with Crippen molar-refractivity contribution in [3.05, 3.63) is 47.0 Å². The number of carbonyl (C=O) groups excluding carboxylic acids is 1. The Hall–Kier alpha value is -2.44. The van der Waals surface area contributed by atoms with Crippen LogP contribution in [0.15, 0.2) is 36.4 Å². The van der Waals surface area contributed by atoms with E-state index < -0.39 is 0 Å². The van der Waals surface area contributed by atoms with Gasteiger partial charge in [0, 0.05) is 28.9 Å². The van der Waals surface area contributed by atoms with Crippen LogP contribution in [0.5, 0.6) is 17.2 Å². The van der Waals surface area contributed by atoms with Gasteiger partial charge < -0.3 is 24.6 Å². The van der Waals surface area contributed by atoms with E-state index in [0.29, 0.717) is 33.5 Å². The van der Waals surface area contributed by atoms with Gasteiger partial charge in [0.2, 0.25) is 0 Å². The molecule has 0 saturated heterocycles. The van der Waals surface area contributed by atoms with Crippen LogP contribution >= 0.6 is 11.6 Å². The summed E-state index contributed by atoms with van der Waals surface area (Å²) in [4.78, 5) is 12.4. The highest BCUT2D eigenvalue weighted by Crippen LogP contribution is 2.27. The number of Topliss-reactive ketones (excluding diaryl/α,β-unsaturated/α-hetero) is 1. The molecule has 0 aliphatic carbocycles. The van der Waals surface area contributed by atoms with E-state index in [1.165, 1.54) is 7.11 Å². The number of ketones is 1. The molecule has 2 aromatic rings. The first-order valence-electron chi connectivity index (χ1n) is 7.60. The van der Waals surface area contributed by atoms with Gasteiger partial charge in [0.05, 0.1) is 32.9 Å². The summed E-state index contributed by atoms with van der Waals surface area (Å²) in [6, 6.07) is 10.0. The first kappa shape index (κ1) is 18.9. The van der Waals surface area contributed by atoms with Crippen LogP contribution in [0.2, 0.25) is 5.02 Å². The molecule has 0 unspecified atom stereocenters. The molecular formula is C18H20ClNO5. The number of anilines is 1. The molecule has 25 heavy (non-hydrogen) atoms. The van der Waals surface area contributed by atoms with Gasteiger partial charge in [-0.15, -0.1) is 0 Å². The molecule has 134 valence electrons. The van der Waals surface area contributed by atoms with Crippen molar-refractivity contribution in [1.29, 1.82) is 0 Å². The van der Waals surface area contributed by atoms with Crippen molar-refractivity contribution < 1.29 is 24.1 Å². The van der Waals surface area contributed by atoms with E-state index >= 15 is 0 Å². The van der Waals surface area contributed by atoms with Crippen LogP contribution < -0.4 is 19.5 Å². The molecule has 2 N–H and O–H groups in total. The summed E-state index contributed by atoms with van der Waals surface area (Å²) < 4.78 is 15.8. The van der Waals surface area contributed by atoms with Crippen molar-refractivity contribution >= 4 is 23.1 Å². The van der Waals surface area contributed by atoms with Crippen LogP contribution in [0.4, 0.5) is 5.69 Å². The molecule has 0 radical (unpaired) electrons. The average molecular weight is 366 g/mol. The average Bonchev–Trinajstić information content (AvgIpc) is 2.64. The van der Waals surface area contributed by atoms with Gasteiger partial charge in [0.15, 0.2) is 5.78 Å². The summed E-state index contributed by atoms with van der Waals surface area (Å²) in [5.41, 5.74) is 1.10. The zero-order valence-corrected chi connectivity index (χ0v) is 14.8. The summed E-state index contributed by atoms with van der Waals surface area (Å²) in [5, 5.41) is 12.4. The predicted molar refractivity (Wildman–Crippen MR) is 96.4 cm³/mol. The zero-order valence-electron chi connectivity index (χ0n) is 14.0. The fourth-order valence-corrected chi connectivity index (χ4v) is 2.37. The second-order valence-corrected chi connectivity index (χ2v) is 5.53. The van der Waals surface area contributed by atoms with Gasteiger partial charge in [-0.1, -0.05) is 11.6 Å². The van der Waals surface area contributed by atoms with Crippen LogP contribution in [-0.2, 0) is 0 Å². The van der Waals surface area contributed by atoms with Crippen molar-refractivity contribution in [2.24, 2.45) is 0 Å². The highest BCUT2D eigenvalue weighted by Gasteiger charge is 2.13. The molecule has 0 aromatic heterocycles. The predicted octanol–water partition coefficient (Wildman–Crippen LogP) is 3.02. The number of nitrogens with one attached hydrogen (secondary N) is 1. The van der Waals surface area contributed by atoms with Gasteiger partial charge in [0.25, 0.3) is 0 Å². The van der Waals surface area contributed by atoms with Crippen molar-refractivity contribution in [3.63, 3.8) is 0 Å². The summed E-state index contributed by atoms with van der Waals surface area (Å²) in [6.07, 6.45) is 0. The third-order valence-corrected chi connectivity index (χ3v) is 3.63. The van der Waals surface area contributed by atoms with Gasteiger partial charge in [0.1, 0.15) is 23.9 Å². The lowest BCUT2D eigenvalue weighted by molar-refractivity contribution is 0.100. The number of methoxy groups -OCH3 is 2. The molecule has 0 aliphatic heterocycles. The number of rotatable bonds is 9. The number of aliphatic hydroxyl groups excluding tert-OH is 1. The number of halogens is 1. The van der Waals surface area contributed by atoms with Crippen LogP contribution in [-0.4, -0.2) is 44.9 Å². The largest absolute Gasteiger partial charge is 0.497 e. The molecule has 6 nitrogen and oxygen atoms in total. The topological polar surface area (TPSA) is 77.0 Å². The maximum Gasteiger partial charge on any atom is 0.185 e. The van der Waals surface area contributed by atoms with Crippen LogP contribution in [0, 0.1) is 0 Å². The fraction of sp³-hybridized carbons (Fsp3) is 0.278. The second-order valence-electron chi connectivity index (χ2n) is 5.09. The van der Waals surface area contributed by atoms with Gasteiger partial charge in [-0.25, -0.2) is 0 Å². The number of benzene rings is 2. The molecule has 0 fully saturated rings. The van der Waals surface area contributed by atoms with Gasteiger partial charge >= 0.3 is 0 Å². The van der Waals surface area contributed by atoms with Gasteiger partial charge in [-0.3, -0.25) is 4.79 Å². The molecule has 0 heterocycles. The monoisotopic (exact) mass is 365 g/mol. The molecule has 0 aliphatic rings. The Labute approximate surface area is 151 Å². The minimum atomic E-state index is -0.144. The van der Waals surface area contributed by atoms with Crippen LogP contribution in [0.1, 0.15) is 10.4 Å². The van der Waals surface area contributed by atoms with E-state index in [-0.39, 0.29) is 25.5 Å². The van der Waals surface area contributed by atoms with E-state index in [9.17, 15) is 4.79 Å². The maximum atomic E-state index is 12.4. The molecule has 0 amide bonds. The van der Waals surface area contributed by atoms with E-state index in [0.717, 1.165) is 0 Å². The number of aliphatic hydroxyl groups is 1. The van der Waals surface area contributed by atoms with Crippen LogP contribution in [0.3, 0.4) is 0 Å². The van der Waals surface area contributed by atoms with E-state index in [1.807, 2.05) is 0 Å². The minimum absolute atomic E-state index is 0.0601. The van der Waals surface area contributed by atoms with E-state index in [1.54, 1.807) is 43.5 Å². The Bertz CT molecular complexity index is 735. The van der Waals surface area contributed by atoms with Crippen molar-refractivity contribution in [2.45, 2.75) is 0 Å². The number of hydrogen-bond acceptors (Lipinski definition) is 6. The Balaban J connectivity index is 2.11. The summed E-state index contributed by atoms with van der Waals surface area (Å²) in [5.74, 6) is 1.40. The summed E-state index contributed by atoms with van der Waals surface area (Å²) in [7, 11) is 3.03. The number of hydrogen-bond donors (Lipinski definition) is 2. The van der Waals surface area contributed by atoms with E-state index in [4.69, 9.17) is 30.9 Å². The normalized spacial score (nSPS) is 10.2. The highest BCUT2D eigenvalue weighted by molar-refractivity contribution is 6.30. The summed E-state index contributed by atoms with van der Waals surface area (Å²) >= 11 is 5.91. The summed E-state index contributed by atoms with van der Waals surface area (Å²) in [6.45, 7) is 0.146. The van der Waals surface area contributed by atoms with Gasteiger partial charge in [-0.05, 0) is 18.2 Å². The Kier molecular flexibility index (Phi) is 6.91. The molecule has 0 spiro atoms. The third-order valence-electron chi connectivity index (χ3n) is 3.39. The molecule has 0 bridgehead atoms. The minimum Gasteiger partial charge on any atom is -0.497 e. The molecule has 0 atom stereocenters. The molecule has 2 aromatic carbocycles. The Morgan fingerprint density at radius 2 is 1.88 bits per heavy atom. The van der Waals surface area contributed by atoms with Crippen LogP contribution in [0.25, 0.3) is 0 Å². The highest BCUT2D eigenvalue weighted by atomic mass is 35.5. The van der Waals surface area contributed by atoms with E-state index in [2.05, 4.69) is 5.32 Å². The fourth-order valence-electron chi connectivity index (χ4n) is 2.21. The van der Waals surface area contributed by atoms with Gasteiger partial charge in [-0.2, -0.15) is 0 Å². The smallest absolute Gasteiger partial charge is 0.185 e. The SMILES string of the molecule is COc1cc(NCC(=O)c2ccc(Cl)cc2OC)cc(OCCO)c1. The first-order valence-corrected chi connectivity index (χ1v) is 7.98. The lowest BCUT2D eigenvalue weighted by atomic mass is 10.1. The number of ether oxygens (including phenoxy) is 3. The van der Waals surface area contributed by atoms with Crippen molar-refractivity contribution in [2.75, 3.05) is 39.3 Å². The lowest BCUT2D eigenvalue weighted by Gasteiger charge is -2.12. The second kappa shape index (κ2) is 9.15. The van der Waals surface area contributed by atoms with Crippen molar-refractivity contribution in [1.82, 2.24) is 0 Å². The first-order chi connectivity index (χ1) is 12.1. The number of carbonyl (C=O) groups is 1. The third kappa shape index (κ3) is 5.27. The molecule has 7 heteroatoms. The quantitative estimate of drug-likeness (QED) is 0.665. The molecular weight excluding hydrogens is 346 g/mol. The standard InChI is InChI=1S/C18H20ClNO5/c1-23-14-8-13(9-15(10-14)25-6-5-21)20-11-17(22)16-4-3-12(19)7-18(16)24-2/h3-4,7-10,20-21H,5-6,11H2,1-2H3. The Morgan fingerprint density at radius 1 is 1.12 bits per heavy atom. The lowest BCUT2D eigenvalue weighted by Crippen LogP contribution is -2.15. The maximum absolute atomic E-state index is 12.4.